The molecule has 2 saturated heterocycles. The second-order valence-corrected chi connectivity index (χ2v) is 6.89. The van der Waals surface area contributed by atoms with E-state index in [9.17, 15) is 9.59 Å². The van der Waals surface area contributed by atoms with Crippen LogP contribution in [0.25, 0.3) is 0 Å². The Bertz CT molecular complexity index is 608. The Labute approximate surface area is 148 Å². The van der Waals surface area contributed by atoms with Gasteiger partial charge in [-0.25, -0.2) is 4.79 Å². The van der Waals surface area contributed by atoms with Gasteiger partial charge in [-0.15, -0.1) is 0 Å². The summed E-state index contributed by atoms with van der Waals surface area (Å²) in [6, 6.07) is 10.4. The van der Waals surface area contributed by atoms with E-state index in [0.29, 0.717) is 12.6 Å². The van der Waals surface area contributed by atoms with E-state index in [4.69, 9.17) is 4.74 Å². The van der Waals surface area contributed by atoms with Crippen LogP contribution in [0, 0.1) is 0 Å². The van der Waals surface area contributed by atoms with Gasteiger partial charge in [-0.3, -0.25) is 9.69 Å². The number of rotatable bonds is 4. The Morgan fingerprint density at radius 2 is 2.00 bits per heavy atom. The molecule has 2 fully saturated rings. The van der Waals surface area contributed by atoms with E-state index >= 15 is 0 Å². The fraction of sp³-hybridized carbons (Fsp3) is 0.556. The van der Waals surface area contributed by atoms with Crippen molar-refractivity contribution in [2.45, 2.75) is 24.6 Å². The van der Waals surface area contributed by atoms with Crippen LogP contribution in [0.2, 0.25) is 0 Å². The Hall–Kier alpha value is -2.12. The van der Waals surface area contributed by atoms with Crippen molar-refractivity contribution in [3.05, 3.63) is 35.9 Å². The van der Waals surface area contributed by atoms with Crippen LogP contribution in [0.5, 0.6) is 0 Å². The molecule has 7 nitrogen and oxygen atoms in total. The molecule has 2 aliphatic rings. The van der Waals surface area contributed by atoms with Crippen LogP contribution >= 0.6 is 0 Å². The van der Waals surface area contributed by atoms with E-state index in [-0.39, 0.29) is 30.6 Å². The standard InChI is InChI=1S/C18H26N4O3/c1-21(2)18(24)19-9-17(23)20-14-8-15-12-25-16(11-22(15)10-14)13-6-4-3-5-7-13/h3-7,14-16H,8-12H2,1-2H3,(H,19,24)(H,20,23)/t14-,15+,16-/m1/s1. The Morgan fingerprint density at radius 1 is 1.24 bits per heavy atom. The number of hydrogen-bond acceptors (Lipinski definition) is 4. The van der Waals surface area contributed by atoms with E-state index in [0.717, 1.165) is 19.5 Å². The summed E-state index contributed by atoms with van der Waals surface area (Å²) in [6.07, 6.45) is 0.973. The fourth-order valence-corrected chi connectivity index (χ4v) is 3.44. The highest BCUT2D eigenvalue weighted by molar-refractivity contribution is 5.83. The van der Waals surface area contributed by atoms with Gasteiger partial charge in [-0.2, -0.15) is 0 Å². The molecule has 0 bridgehead atoms. The van der Waals surface area contributed by atoms with Gasteiger partial charge in [0.05, 0.1) is 19.3 Å². The number of carbonyl (C=O) groups is 2. The molecule has 0 spiro atoms. The summed E-state index contributed by atoms with van der Waals surface area (Å²) >= 11 is 0. The Balaban J connectivity index is 1.47. The molecule has 3 rings (SSSR count). The van der Waals surface area contributed by atoms with Crippen LogP contribution in [0.4, 0.5) is 4.79 Å². The van der Waals surface area contributed by atoms with Crippen LogP contribution in [0.1, 0.15) is 18.1 Å². The molecule has 136 valence electrons. The Kier molecular flexibility index (Phi) is 5.55. The van der Waals surface area contributed by atoms with E-state index in [2.05, 4.69) is 27.7 Å². The summed E-state index contributed by atoms with van der Waals surface area (Å²) in [6.45, 7) is 2.35. The third-order valence-corrected chi connectivity index (χ3v) is 4.76. The molecule has 1 aromatic carbocycles. The van der Waals surface area contributed by atoms with Gasteiger partial charge in [0.25, 0.3) is 0 Å². The maximum atomic E-state index is 12.0. The van der Waals surface area contributed by atoms with Crippen molar-refractivity contribution in [1.82, 2.24) is 20.4 Å². The average molecular weight is 346 g/mol. The molecule has 1 aromatic rings. The summed E-state index contributed by atoms with van der Waals surface area (Å²) < 4.78 is 6.02. The molecule has 0 aliphatic carbocycles. The second-order valence-electron chi connectivity index (χ2n) is 6.89. The minimum absolute atomic E-state index is 0.00131. The molecule has 3 atom stereocenters. The summed E-state index contributed by atoms with van der Waals surface area (Å²) in [4.78, 5) is 27.3. The lowest BCUT2D eigenvalue weighted by Crippen LogP contribution is -2.45. The minimum Gasteiger partial charge on any atom is -0.371 e. The van der Waals surface area contributed by atoms with Gasteiger partial charge >= 0.3 is 6.03 Å². The zero-order valence-corrected chi connectivity index (χ0v) is 14.8. The number of morpholine rings is 1. The lowest BCUT2D eigenvalue weighted by Gasteiger charge is -2.35. The van der Waals surface area contributed by atoms with E-state index in [1.807, 2.05) is 18.2 Å². The highest BCUT2D eigenvalue weighted by Crippen LogP contribution is 2.30. The van der Waals surface area contributed by atoms with Crippen molar-refractivity contribution in [3.63, 3.8) is 0 Å². The van der Waals surface area contributed by atoms with Crippen LogP contribution in [0.15, 0.2) is 30.3 Å². The third-order valence-electron chi connectivity index (χ3n) is 4.76. The first kappa shape index (κ1) is 17.7. The highest BCUT2D eigenvalue weighted by Gasteiger charge is 2.38. The smallest absolute Gasteiger partial charge is 0.317 e. The van der Waals surface area contributed by atoms with Gasteiger partial charge in [-0.05, 0) is 12.0 Å². The fourth-order valence-electron chi connectivity index (χ4n) is 3.44. The van der Waals surface area contributed by atoms with E-state index in [1.165, 1.54) is 10.5 Å². The molecule has 0 radical (unpaired) electrons. The first-order valence-electron chi connectivity index (χ1n) is 8.68. The largest absolute Gasteiger partial charge is 0.371 e. The Morgan fingerprint density at radius 3 is 2.72 bits per heavy atom. The normalized spacial score (nSPS) is 25.9. The zero-order valence-electron chi connectivity index (χ0n) is 14.8. The summed E-state index contributed by atoms with van der Waals surface area (Å²) in [5.41, 5.74) is 1.19. The molecule has 2 N–H and O–H groups in total. The lowest BCUT2D eigenvalue weighted by molar-refractivity contribution is -0.120. The number of carbonyl (C=O) groups excluding carboxylic acids is 2. The first-order chi connectivity index (χ1) is 12.0. The average Bonchev–Trinajstić information content (AvgIpc) is 3.01. The van der Waals surface area contributed by atoms with Crippen molar-refractivity contribution >= 4 is 11.9 Å². The van der Waals surface area contributed by atoms with Crippen molar-refractivity contribution < 1.29 is 14.3 Å². The van der Waals surface area contributed by atoms with Crippen LogP contribution < -0.4 is 10.6 Å². The molecule has 3 amide bonds. The number of urea groups is 1. The minimum atomic E-state index is -0.266. The number of nitrogens with zero attached hydrogens (tertiary/aromatic N) is 2. The molecule has 0 saturated carbocycles. The van der Waals surface area contributed by atoms with E-state index in [1.54, 1.807) is 14.1 Å². The molecule has 0 aromatic heterocycles. The highest BCUT2D eigenvalue weighted by atomic mass is 16.5. The summed E-state index contributed by atoms with van der Waals surface area (Å²) in [5, 5.41) is 5.60. The molecule has 0 unspecified atom stereocenters. The van der Waals surface area contributed by atoms with Gasteiger partial charge in [0.15, 0.2) is 0 Å². The van der Waals surface area contributed by atoms with Gasteiger partial charge < -0.3 is 20.3 Å². The molecule has 7 heteroatoms. The topological polar surface area (TPSA) is 73.9 Å². The maximum absolute atomic E-state index is 12.0. The van der Waals surface area contributed by atoms with Crippen LogP contribution in [-0.4, -0.2) is 74.2 Å². The first-order valence-corrected chi connectivity index (χ1v) is 8.68. The lowest BCUT2D eigenvalue weighted by atomic mass is 10.1. The van der Waals surface area contributed by atoms with Crippen LogP contribution in [0.3, 0.4) is 0 Å². The number of hydrogen-bond donors (Lipinski definition) is 2. The number of ether oxygens (including phenoxy) is 1. The third kappa shape index (κ3) is 4.49. The van der Waals surface area contributed by atoms with Crippen molar-refractivity contribution in [2.75, 3.05) is 40.3 Å². The number of nitrogens with one attached hydrogen (secondary N) is 2. The molecule has 2 heterocycles. The van der Waals surface area contributed by atoms with E-state index < -0.39 is 0 Å². The van der Waals surface area contributed by atoms with Gasteiger partial charge in [0, 0.05) is 39.3 Å². The van der Waals surface area contributed by atoms with Crippen molar-refractivity contribution in [3.8, 4) is 0 Å². The van der Waals surface area contributed by atoms with Gasteiger partial charge in [-0.1, -0.05) is 30.3 Å². The quantitative estimate of drug-likeness (QED) is 0.837. The SMILES string of the molecule is CN(C)C(=O)NCC(=O)N[C@@H]1C[C@H]2CO[C@@H](c3ccccc3)CN2C1. The molecular weight excluding hydrogens is 320 g/mol. The summed E-state index contributed by atoms with van der Waals surface area (Å²) in [7, 11) is 3.29. The second kappa shape index (κ2) is 7.84. The summed E-state index contributed by atoms with van der Waals surface area (Å²) in [5.74, 6) is -0.152. The number of fused-ring (bicyclic) bond motifs is 1. The van der Waals surface area contributed by atoms with Crippen molar-refractivity contribution in [2.24, 2.45) is 0 Å². The molecule has 25 heavy (non-hydrogen) atoms. The number of benzene rings is 1. The number of amides is 3. The van der Waals surface area contributed by atoms with Crippen molar-refractivity contribution in [1.29, 1.82) is 0 Å². The predicted molar refractivity (Wildman–Crippen MR) is 94.1 cm³/mol. The predicted octanol–water partition coefficient (Wildman–Crippen LogP) is 0.588. The monoisotopic (exact) mass is 346 g/mol. The van der Waals surface area contributed by atoms with Gasteiger partial charge in [0.2, 0.25) is 5.91 Å². The molecular formula is C18H26N4O3. The molecule has 2 aliphatic heterocycles. The van der Waals surface area contributed by atoms with Gasteiger partial charge in [0.1, 0.15) is 0 Å². The zero-order chi connectivity index (χ0) is 17.8. The maximum Gasteiger partial charge on any atom is 0.317 e. The van der Waals surface area contributed by atoms with Crippen LogP contribution in [-0.2, 0) is 9.53 Å².